The molecular formula is C14H11N3O5. The van der Waals surface area contributed by atoms with Gasteiger partial charge in [0.05, 0.1) is 4.92 Å². The number of carbonyl (C=O) groups excluding carboxylic acids is 2. The van der Waals surface area contributed by atoms with Gasteiger partial charge in [-0.2, -0.15) is 0 Å². The highest BCUT2D eigenvalue weighted by molar-refractivity contribution is 5.94. The van der Waals surface area contributed by atoms with E-state index in [4.69, 9.17) is 4.74 Å². The van der Waals surface area contributed by atoms with Crippen molar-refractivity contribution >= 4 is 23.3 Å². The number of nitrogens with one attached hydrogen (secondary N) is 1. The van der Waals surface area contributed by atoms with Gasteiger partial charge in [-0.05, 0) is 24.3 Å². The highest BCUT2D eigenvalue weighted by Crippen LogP contribution is 2.15. The standard InChI is InChI=1S/C14H11N3O5/c18-13(9-22-14(19)12-3-1-2-8-15-12)16-10-4-6-11(7-5-10)17(20)21/h1-8H,9H2,(H,16,18). The summed E-state index contributed by atoms with van der Waals surface area (Å²) in [6, 6.07) is 10.0. The monoisotopic (exact) mass is 301 g/mol. The van der Waals surface area contributed by atoms with Crippen molar-refractivity contribution in [2.75, 3.05) is 11.9 Å². The van der Waals surface area contributed by atoms with E-state index in [-0.39, 0.29) is 11.4 Å². The molecule has 0 spiro atoms. The maximum absolute atomic E-state index is 11.6. The minimum Gasteiger partial charge on any atom is -0.451 e. The van der Waals surface area contributed by atoms with Crippen molar-refractivity contribution in [3.05, 3.63) is 64.5 Å². The van der Waals surface area contributed by atoms with Crippen LogP contribution in [-0.4, -0.2) is 28.4 Å². The molecule has 0 aliphatic carbocycles. The Kier molecular flexibility index (Phi) is 4.76. The van der Waals surface area contributed by atoms with Gasteiger partial charge in [0.15, 0.2) is 6.61 Å². The van der Waals surface area contributed by atoms with Crippen molar-refractivity contribution < 1.29 is 19.2 Å². The largest absolute Gasteiger partial charge is 0.451 e. The van der Waals surface area contributed by atoms with E-state index in [1.54, 1.807) is 12.1 Å². The van der Waals surface area contributed by atoms with Gasteiger partial charge in [0.25, 0.3) is 11.6 Å². The molecule has 0 aliphatic heterocycles. The Hall–Kier alpha value is -3.29. The Bertz CT molecular complexity index is 685. The maximum Gasteiger partial charge on any atom is 0.357 e. The Morgan fingerprint density at radius 2 is 1.91 bits per heavy atom. The molecule has 1 heterocycles. The Balaban J connectivity index is 1.85. The molecule has 1 amide bonds. The molecule has 1 aromatic carbocycles. The zero-order valence-electron chi connectivity index (χ0n) is 11.3. The molecule has 0 atom stereocenters. The molecule has 112 valence electrons. The van der Waals surface area contributed by atoms with Gasteiger partial charge < -0.3 is 10.1 Å². The smallest absolute Gasteiger partial charge is 0.357 e. The van der Waals surface area contributed by atoms with Crippen LogP contribution in [-0.2, 0) is 9.53 Å². The molecular weight excluding hydrogens is 290 g/mol. The van der Waals surface area contributed by atoms with E-state index in [1.165, 1.54) is 36.5 Å². The van der Waals surface area contributed by atoms with Crippen molar-refractivity contribution in [1.29, 1.82) is 0 Å². The van der Waals surface area contributed by atoms with Gasteiger partial charge in [0.2, 0.25) is 0 Å². The molecule has 1 N–H and O–H groups in total. The first kappa shape index (κ1) is 15.1. The number of nitrogens with zero attached hydrogens (tertiary/aromatic N) is 2. The first-order chi connectivity index (χ1) is 10.6. The molecule has 0 bridgehead atoms. The number of non-ortho nitro benzene ring substituents is 1. The third kappa shape index (κ3) is 4.10. The Morgan fingerprint density at radius 3 is 2.50 bits per heavy atom. The number of esters is 1. The molecule has 0 fully saturated rings. The number of benzene rings is 1. The zero-order chi connectivity index (χ0) is 15.9. The number of aromatic nitrogens is 1. The van der Waals surface area contributed by atoms with Crippen LogP contribution in [0.2, 0.25) is 0 Å². The molecule has 8 heteroatoms. The summed E-state index contributed by atoms with van der Waals surface area (Å²) >= 11 is 0. The number of hydrogen-bond acceptors (Lipinski definition) is 6. The molecule has 0 radical (unpaired) electrons. The van der Waals surface area contributed by atoms with Crippen molar-refractivity contribution in [2.45, 2.75) is 0 Å². The molecule has 2 aromatic rings. The lowest BCUT2D eigenvalue weighted by Gasteiger charge is -2.06. The van der Waals surface area contributed by atoms with Crippen molar-refractivity contribution in [1.82, 2.24) is 4.98 Å². The van der Waals surface area contributed by atoms with Crippen LogP contribution in [0.15, 0.2) is 48.7 Å². The highest BCUT2D eigenvalue weighted by Gasteiger charge is 2.11. The van der Waals surface area contributed by atoms with Crippen LogP contribution in [0.5, 0.6) is 0 Å². The second-order valence-electron chi connectivity index (χ2n) is 4.14. The Morgan fingerprint density at radius 1 is 1.18 bits per heavy atom. The van der Waals surface area contributed by atoms with E-state index in [2.05, 4.69) is 10.3 Å². The van der Waals surface area contributed by atoms with Gasteiger partial charge in [-0.15, -0.1) is 0 Å². The summed E-state index contributed by atoms with van der Waals surface area (Å²) in [6.07, 6.45) is 1.44. The van der Waals surface area contributed by atoms with Gasteiger partial charge in [0, 0.05) is 24.0 Å². The summed E-state index contributed by atoms with van der Waals surface area (Å²) in [5, 5.41) is 13.0. The molecule has 2 rings (SSSR count). The minimum absolute atomic E-state index is 0.0837. The number of nitro benzene ring substituents is 1. The fourth-order valence-electron chi connectivity index (χ4n) is 1.55. The molecule has 1 aromatic heterocycles. The SMILES string of the molecule is O=C(COC(=O)c1ccccn1)Nc1ccc([N+](=O)[O-])cc1. The first-order valence-electron chi connectivity index (χ1n) is 6.19. The lowest BCUT2D eigenvalue weighted by atomic mass is 10.3. The lowest BCUT2D eigenvalue weighted by molar-refractivity contribution is -0.384. The number of anilines is 1. The fourth-order valence-corrected chi connectivity index (χ4v) is 1.55. The number of amides is 1. The van der Waals surface area contributed by atoms with E-state index >= 15 is 0 Å². The van der Waals surface area contributed by atoms with Crippen LogP contribution in [0.4, 0.5) is 11.4 Å². The number of ether oxygens (including phenoxy) is 1. The number of hydrogen-bond donors (Lipinski definition) is 1. The predicted octanol–water partition coefficient (Wildman–Crippen LogP) is 1.79. The van der Waals surface area contributed by atoms with Crippen molar-refractivity contribution in [3.8, 4) is 0 Å². The lowest BCUT2D eigenvalue weighted by Crippen LogP contribution is -2.21. The normalized spacial score (nSPS) is 9.82. The number of rotatable bonds is 5. The van der Waals surface area contributed by atoms with E-state index in [1.807, 2.05) is 0 Å². The van der Waals surface area contributed by atoms with Crippen LogP contribution in [0.3, 0.4) is 0 Å². The molecule has 0 unspecified atom stereocenters. The van der Waals surface area contributed by atoms with Gasteiger partial charge in [-0.3, -0.25) is 14.9 Å². The summed E-state index contributed by atoms with van der Waals surface area (Å²) in [4.78, 5) is 37.0. The van der Waals surface area contributed by atoms with Crippen LogP contribution in [0.25, 0.3) is 0 Å². The van der Waals surface area contributed by atoms with Crippen molar-refractivity contribution in [2.24, 2.45) is 0 Å². The number of pyridine rings is 1. The maximum atomic E-state index is 11.6. The van der Waals surface area contributed by atoms with Gasteiger partial charge in [-0.1, -0.05) is 6.07 Å². The molecule has 22 heavy (non-hydrogen) atoms. The molecule has 0 saturated heterocycles. The van der Waals surface area contributed by atoms with Crippen LogP contribution in [0.1, 0.15) is 10.5 Å². The van der Waals surface area contributed by atoms with E-state index in [9.17, 15) is 19.7 Å². The van der Waals surface area contributed by atoms with E-state index in [0.717, 1.165) is 0 Å². The second-order valence-corrected chi connectivity index (χ2v) is 4.14. The first-order valence-corrected chi connectivity index (χ1v) is 6.19. The van der Waals surface area contributed by atoms with Crippen molar-refractivity contribution in [3.63, 3.8) is 0 Å². The molecule has 0 saturated carbocycles. The third-order valence-corrected chi connectivity index (χ3v) is 2.57. The van der Waals surface area contributed by atoms with Crippen LogP contribution < -0.4 is 5.32 Å². The van der Waals surface area contributed by atoms with Gasteiger partial charge >= 0.3 is 5.97 Å². The van der Waals surface area contributed by atoms with Crippen LogP contribution in [0, 0.1) is 10.1 Å². The summed E-state index contributed by atoms with van der Waals surface area (Å²) in [5.74, 6) is -1.27. The minimum atomic E-state index is -0.709. The van der Waals surface area contributed by atoms with Gasteiger partial charge in [0.1, 0.15) is 5.69 Å². The fraction of sp³-hybridized carbons (Fsp3) is 0.0714. The number of carbonyl (C=O) groups is 2. The van der Waals surface area contributed by atoms with Crippen LogP contribution >= 0.6 is 0 Å². The zero-order valence-corrected chi connectivity index (χ0v) is 11.3. The summed E-state index contributed by atoms with van der Waals surface area (Å²) < 4.78 is 4.80. The second kappa shape index (κ2) is 6.93. The average molecular weight is 301 g/mol. The van der Waals surface area contributed by atoms with Gasteiger partial charge in [-0.25, -0.2) is 9.78 Å². The Labute approximate surface area is 124 Å². The topological polar surface area (TPSA) is 111 Å². The summed E-state index contributed by atoms with van der Waals surface area (Å²) in [5.41, 5.74) is 0.384. The average Bonchev–Trinajstić information content (AvgIpc) is 2.54. The quantitative estimate of drug-likeness (QED) is 0.512. The summed E-state index contributed by atoms with van der Waals surface area (Å²) in [6.45, 7) is -0.480. The predicted molar refractivity (Wildman–Crippen MR) is 76.2 cm³/mol. The highest BCUT2D eigenvalue weighted by atomic mass is 16.6. The number of nitro groups is 1. The summed E-state index contributed by atoms with van der Waals surface area (Å²) in [7, 11) is 0. The molecule has 8 nitrogen and oxygen atoms in total. The third-order valence-electron chi connectivity index (χ3n) is 2.57. The molecule has 0 aliphatic rings. The van der Waals surface area contributed by atoms with E-state index < -0.39 is 23.4 Å². The van der Waals surface area contributed by atoms with E-state index in [0.29, 0.717) is 5.69 Å².